The number of nitrogens with zero attached hydrogens (tertiary/aromatic N) is 1. The summed E-state index contributed by atoms with van der Waals surface area (Å²) >= 11 is 0. The lowest BCUT2D eigenvalue weighted by Crippen LogP contribution is -2.46. The van der Waals surface area contributed by atoms with E-state index in [0.717, 1.165) is 33.4 Å². The molecule has 0 unspecified atom stereocenters. The van der Waals surface area contributed by atoms with Gasteiger partial charge in [0.2, 0.25) is 11.8 Å². The molecule has 2 aliphatic heterocycles. The molecule has 1 aromatic rings. The van der Waals surface area contributed by atoms with Crippen molar-refractivity contribution in [2.24, 2.45) is 17.8 Å². The van der Waals surface area contributed by atoms with Crippen LogP contribution < -0.4 is 0 Å². The molecule has 0 radical (unpaired) electrons. The number of likely N-dealkylation sites (tertiary alicyclic amines) is 1. The standard InChI is InChI=1S/C27H36BNO6/c1-5-8-29-26(32)20-12-19(14-30)23-21(24(20)27(29)33)13-28(34)35-22(23)7-6-15(2)9-18-10-16(3)25(31)17(4)11-18/h9-11,20-22,24,30-31,34H,5-8,12-14H2,1-4H3/b15-9+/t20-,21+,22-,24-/m1/s1. The fourth-order valence-corrected chi connectivity index (χ4v) is 6.21. The van der Waals surface area contributed by atoms with Gasteiger partial charge < -0.3 is 19.9 Å². The van der Waals surface area contributed by atoms with Gasteiger partial charge in [-0.05, 0) is 98.7 Å². The molecule has 4 rings (SSSR count). The Morgan fingerprint density at radius 2 is 1.89 bits per heavy atom. The molecule has 35 heavy (non-hydrogen) atoms. The SMILES string of the molecule is CCCN1C(=O)[C@@H]2[C@@H](CC(CO)=C3[C@@H](CC/C(C)=C/c4cc(C)c(O)c(C)c4)OB(O)C[C@@H]32)C1=O. The highest BCUT2D eigenvalue weighted by Crippen LogP contribution is 2.50. The minimum absolute atomic E-state index is 0.150. The average Bonchev–Trinajstić information content (AvgIpc) is 3.05. The summed E-state index contributed by atoms with van der Waals surface area (Å²) in [5.41, 5.74) is 5.47. The average molecular weight is 481 g/mol. The number of amides is 2. The fraction of sp³-hybridized carbons (Fsp3) is 0.556. The van der Waals surface area contributed by atoms with E-state index < -0.39 is 25.1 Å². The summed E-state index contributed by atoms with van der Waals surface area (Å²) in [7, 11) is -1.01. The van der Waals surface area contributed by atoms with Crippen LogP contribution in [0.3, 0.4) is 0 Å². The van der Waals surface area contributed by atoms with E-state index in [9.17, 15) is 24.8 Å². The van der Waals surface area contributed by atoms with Crippen molar-refractivity contribution in [2.45, 2.75) is 65.8 Å². The first-order valence-electron chi connectivity index (χ1n) is 12.6. The van der Waals surface area contributed by atoms with Crippen LogP contribution in [0.4, 0.5) is 0 Å². The zero-order chi connectivity index (χ0) is 25.4. The number of aliphatic hydroxyl groups is 1. The van der Waals surface area contributed by atoms with Crippen molar-refractivity contribution in [3.8, 4) is 5.75 Å². The van der Waals surface area contributed by atoms with Crippen LogP contribution in [0.1, 0.15) is 56.2 Å². The Hall–Kier alpha value is -2.42. The molecule has 188 valence electrons. The number of carbonyl (C=O) groups excluding carboxylic acids is 2. The van der Waals surface area contributed by atoms with Crippen molar-refractivity contribution in [3.05, 3.63) is 45.5 Å². The molecule has 8 heteroatoms. The summed E-state index contributed by atoms with van der Waals surface area (Å²) in [5.74, 6) is -1.23. The van der Waals surface area contributed by atoms with Crippen molar-refractivity contribution in [1.82, 2.24) is 4.90 Å². The first kappa shape index (κ1) is 25.7. The molecule has 1 aromatic carbocycles. The fourth-order valence-electron chi connectivity index (χ4n) is 6.21. The first-order chi connectivity index (χ1) is 16.7. The molecule has 2 amide bonds. The summed E-state index contributed by atoms with van der Waals surface area (Å²) in [6.45, 7) is 7.96. The van der Waals surface area contributed by atoms with Gasteiger partial charge in [0.05, 0.1) is 24.5 Å². The molecule has 4 atom stereocenters. The quantitative estimate of drug-likeness (QED) is 0.313. The van der Waals surface area contributed by atoms with E-state index in [1.54, 1.807) is 0 Å². The van der Waals surface area contributed by atoms with Crippen LogP contribution in [0.2, 0.25) is 6.32 Å². The van der Waals surface area contributed by atoms with Gasteiger partial charge in [0, 0.05) is 6.54 Å². The van der Waals surface area contributed by atoms with Crippen LogP contribution in [0.5, 0.6) is 5.75 Å². The van der Waals surface area contributed by atoms with Crippen LogP contribution in [0.15, 0.2) is 28.9 Å². The second-order valence-electron chi connectivity index (χ2n) is 10.3. The topological polar surface area (TPSA) is 107 Å². The van der Waals surface area contributed by atoms with E-state index in [0.29, 0.717) is 38.0 Å². The second-order valence-corrected chi connectivity index (χ2v) is 10.3. The normalized spacial score (nSPS) is 27.0. The second kappa shape index (κ2) is 10.3. The van der Waals surface area contributed by atoms with Crippen molar-refractivity contribution < 1.29 is 29.5 Å². The van der Waals surface area contributed by atoms with E-state index in [1.807, 2.05) is 39.8 Å². The zero-order valence-corrected chi connectivity index (χ0v) is 21.1. The maximum absolute atomic E-state index is 13.2. The Morgan fingerprint density at radius 1 is 1.20 bits per heavy atom. The molecule has 3 N–H and O–H groups in total. The summed E-state index contributed by atoms with van der Waals surface area (Å²) in [6.07, 6.45) is 4.30. The van der Waals surface area contributed by atoms with Gasteiger partial charge in [0.1, 0.15) is 5.75 Å². The molecule has 2 saturated heterocycles. The number of rotatable bonds is 7. The van der Waals surface area contributed by atoms with Crippen LogP contribution in [-0.2, 0) is 14.2 Å². The highest BCUT2D eigenvalue weighted by atomic mass is 16.5. The molecule has 0 aromatic heterocycles. The molecule has 1 aliphatic carbocycles. The largest absolute Gasteiger partial charge is 0.507 e. The van der Waals surface area contributed by atoms with E-state index in [-0.39, 0.29) is 30.7 Å². The Morgan fingerprint density at radius 3 is 2.51 bits per heavy atom. The molecule has 3 aliphatic rings. The van der Waals surface area contributed by atoms with Crippen molar-refractivity contribution in [2.75, 3.05) is 13.2 Å². The number of hydrogen-bond donors (Lipinski definition) is 3. The first-order valence-corrected chi connectivity index (χ1v) is 12.6. The number of phenolic OH excluding ortho intramolecular Hbond substituents is 1. The summed E-state index contributed by atoms with van der Waals surface area (Å²) < 4.78 is 5.94. The minimum Gasteiger partial charge on any atom is -0.507 e. The summed E-state index contributed by atoms with van der Waals surface area (Å²) in [4.78, 5) is 27.6. The van der Waals surface area contributed by atoms with E-state index in [1.165, 1.54) is 4.90 Å². The molecule has 0 spiro atoms. The number of aryl methyl sites for hydroxylation is 2. The lowest BCUT2D eigenvalue weighted by molar-refractivity contribution is -0.140. The highest BCUT2D eigenvalue weighted by Gasteiger charge is 2.56. The Balaban J connectivity index is 1.57. The van der Waals surface area contributed by atoms with Crippen LogP contribution >= 0.6 is 0 Å². The van der Waals surface area contributed by atoms with Gasteiger partial charge in [-0.1, -0.05) is 18.6 Å². The van der Waals surface area contributed by atoms with Gasteiger partial charge in [-0.2, -0.15) is 0 Å². The molecule has 7 nitrogen and oxygen atoms in total. The lowest BCUT2D eigenvalue weighted by atomic mass is 9.58. The third kappa shape index (κ3) is 4.84. The molecule has 0 saturated carbocycles. The maximum Gasteiger partial charge on any atom is 0.455 e. The number of imide groups is 1. The van der Waals surface area contributed by atoms with Gasteiger partial charge in [0.15, 0.2) is 0 Å². The number of fused-ring (bicyclic) bond motifs is 3. The minimum atomic E-state index is -1.01. The van der Waals surface area contributed by atoms with Gasteiger partial charge in [0.25, 0.3) is 0 Å². The number of phenols is 1. The Bertz CT molecular complexity index is 1060. The predicted octanol–water partition coefficient (Wildman–Crippen LogP) is 3.39. The summed E-state index contributed by atoms with van der Waals surface area (Å²) in [5, 5.41) is 30.8. The molecule has 0 bridgehead atoms. The van der Waals surface area contributed by atoms with E-state index in [2.05, 4.69) is 6.08 Å². The number of allylic oxidation sites excluding steroid dienone is 1. The third-order valence-electron chi connectivity index (χ3n) is 7.76. The summed E-state index contributed by atoms with van der Waals surface area (Å²) in [6, 6.07) is 3.89. The molecule has 2 heterocycles. The Labute approximate surface area is 207 Å². The van der Waals surface area contributed by atoms with Crippen LogP contribution in [0, 0.1) is 31.6 Å². The van der Waals surface area contributed by atoms with Crippen molar-refractivity contribution in [3.63, 3.8) is 0 Å². The number of aliphatic hydroxyl groups excluding tert-OH is 1. The smallest absolute Gasteiger partial charge is 0.455 e. The predicted molar refractivity (Wildman–Crippen MR) is 134 cm³/mol. The van der Waals surface area contributed by atoms with Gasteiger partial charge >= 0.3 is 7.12 Å². The van der Waals surface area contributed by atoms with E-state index in [4.69, 9.17) is 4.65 Å². The number of hydrogen-bond acceptors (Lipinski definition) is 6. The van der Waals surface area contributed by atoms with Crippen molar-refractivity contribution in [1.29, 1.82) is 0 Å². The monoisotopic (exact) mass is 481 g/mol. The van der Waals surface area contributed by atoms with Crippen LogP contribution in [-0.4, -0.2) is 58.3 Å². The molecule has 2 fully saturated rings. The number of aromatic hydroxyl groups is 1. The van der Waals surface area contributed by atoms with Crippen LogP contribution in [0.25, 0.3) is 6.08 Å². The van der Waals surface area contributed by atoms with E-state index >= 15 is 0 Å². The lowest BCUT2D eigenvalue weighted by Gasteiger charge is -2.42. The third-order valence-corrected chi connectivity index (χ3v) is 7.76. The van der Waals surface area contributed by atoms with Gasteiger partial charge in [-0.3, -0.25) is 14.5 Å². The van der Waals surface area contributed by atoms with Gasteiger partial charge in [-0.25, -0.2) is 0 Å². The van der Waals surface area contributed by atoms with Crippen molar-refractivity contribution >= 4 is 25.0 Å². The maximum atomic E-state index is 13.2. The Kier molecular flexibility index (Phi) is 7.55. The number of benzene rings is 1. The molecular formula is C27H36BNO6. The number of carbonyl (C=O) groups is 2. The highest BCUT2D eigenvalue weighted by molar-refractivity contribution is 6.43. The van der Waals surface area contributed by atoms with Gasteiger partial charge in [-0.15, -0.1) is 0 Å². The molecular weight excluding hydrogens is 445 g/mol. The zero-order valence-electron chi connectivity index (χ0n) is 21.1.